The SMILES string of the molecule is C=C(C)C(=O)OCCO.C=C(C)C(=O)OCCOS(=O)(=O)c1ccc(C)cc1.C=C(C)C(=O)OCCOc1cccc2c(OCCOC(=O)C(=C)C)cccc12.Oc1cccc2c(O)cccc12.[2H]CF. The predicted molar refractivity (Wildman–Crippen MR) is 264 cm³/mol. The molecule has 16 nitrogen and oxygen atoms in total. The number of halogens is 1. The summed E-state index contributed by atoms with van der Waals surface area (Å²) < 4.78 is 74.5. The van der Waals surface area contributed by atoms with E-state index in [1.165, 1.54) is 19.1 Å². The van der Waals surface area contributed by atoms with Crippen LogP contribution in [-0.2, 0) is 52.4 Å². The molecule has 0 atom stereocenters. The molecule has 0 bridgehead atoms. The van der Waals surface area contributed by atoms with E-state index in [0.29, 0.717) is 39.0 Å². The number of aliphatic hydroxyl groups excluding tert-OH is 1. The maximum absolute atomic E-state index is 11.7. The molecule has 0 spiro atoms. The number of aryl methyl sites for hydroxylation is 1. The summed E-state index contributed by atoms with van der Waals surface area (Å²) in [6.45, 7) is 22.2. The van der Waals surface area contributed by atoms with Crippen molar-refractivity contribution in [2.24, 2.45) is 0 Å². The third kappa shape index (κ3) is 22.0. The van der Waals surface area contributed by atoms with Gasteiger partial charge >= 0.3 is 23.9 Å². The highest BCUT2D eigenvalue weighted by molar-refractivity contribution is 7.86. The summed E-state index contributed by atoms with van der Waals surface area (Å²) in [5, 5.41) is 30.0. The number of hydrogen-bond donors (Lipinski definition) is 3. The monoisotopic (exact) mass is 993 g/mol. The average molecular weight is 994 g/mol. The van der Waals surface area contributed by atoms with Crippen LogP contribution < -0.4 is 9.47 Å². The number of phenolic OH excluding ortho intramolecular Hbond substituents is 2. The summed E-state index contributed by atoms with van der Waals surface area (Å²) in [6, 6.07) is 27.6. The van der Waals surface area contributed by atoms with Gasteiger partial charge in [0.05, 0.1) is 20.0 Å². The van der Waals surface area contributed by atoms with Gasteiger partial charge in [-0.3, -0.25) is 8.57 Å². The molecular weight excluding hydrogens is 932 g/mol. The van der Waals surface area contributed by atoms with E-state index < -0.39 is 41.1 Å². The lowest BCUT2D eigenvalue weighted by Crippen LogP contribution is -2.14. The molecular formula is C52H61FO16S. The average Bonchev–Trinajstić information content (AvgIpc) is 3.33. The second-order valence-corrected chi connectivity index (χ2v) is 16.0. The zero-order chi connectivity index (χ0) is 53.5. The van der Waals surface area contributed by atoms with Crippen LogP contribution in [-0.4, -0.2) is 108 Å². The summed E-state index contributed by atoms with van der Waals surface area (Å²) in [4.78, 5) is 44.4. The van der Waals surface area contributed by atoms with Crippen LogP contribution in [0.15, 0.2) is 151 Å². The molecule has 378 valence electrons. The van der Waals surface area contributed by atoms with E-state index >= 15 is 0 Å². The van der Waals surface area contributed by atoms with E-state index in [4.69, 9.17) is 34.3 Å². The number of carbonyl (C=O) groups is 4. The minimum absolute atomic E-state index is 0.0473. The molecule has 0 aromatic heterocycles. The number of benzene rings is 5. The first-order valence-corrected chi connectivity index (χ1v) is 22.4. The lowest BCUT2D eigenvalue weighted by atomic mass is 10.1. The van der Waals surface area contributed by atoms with Crippen molar-refractivity contribution < 1.29 is 81.3 Å². The van der Waals surface area contributed by atoms with Gasteiger partial charge in [-0.25, -0.2) is 19.2 Å². The third-order valence-electron chi connectivity index (χ3n) is 8.45. The van der Waals surface area contributed by atoms with Crippen LogP contribution in [0.3, 0.4) is 0 Å². The summed E-state index contributed by atoms with van der Waals surface area (Å²) in [5.74, 6) is -0.202. The predicted octanol–water partition coefficient (Wildman–Crippen LogP) is 8.59. The van der Waals surface area contributed by atoms with Crippen LogP contribution in [0.2, 0.25) is 0 Å². The second kappa shape index (κ2) is 32.3. The fraction of sp³-hybridized carbons (Fsp3) is 0.269. The highest BCUT2D eigenvalue weighted by Gasteiger charge is 2.15. The molecule has 5 aromatic carbocycles. The number of fused-ring (bicyclic) bond motifs is 2. The van der Waals surface area contributed by atoms with Crippen molar-refractivity contribution in [1.82, 2.24) is 0 Å². The van der Waals surface area contributed by atoms with Crippen molar-refractivity contribution in [2.75, 3.05) is 60.0 Å². The van der Waals surface area contributed by atoms with Crippen LogP contribution in [0.5, 0.6) is 23.0 Å². The van der Waals surface area contributed by atoms with Crippen LogP contribution in [0, 0.1) is 6.92 Å². The van der Waals surface area contributed by atoms with Gasteiger partial charge in [-0.2, -0.15) is 8.42 Å². The molecule has 0 aliphatic heterocycles. The molecule has 0 amide bonds. The number of alkyl halides is 1. The number of rotatable bonds is 19. The van der Waals surface area contributed by atoms with Crippen LogP contribution in [0.4, 0.5) is 4.39 Å². The quantitative estimate of drug-likeness (QED) is 0.0231. The maximum atomic E-state index is 11.7. The molecule has 0 radical (unpaired) electrons. The van der Waals surface area contributed by atoms with Crippen molar-refractivity contribution in [3.8, 4) is 23.0 Å². The van der Waals surface area contributed by atoms with Crippen LogP contribution >= 0.6 is 0 Å². The lowest BCUT2D eigenvalue weighted by Gasteiger charge is -2.13. The van der Waals surface area contributed by atoms with E-state index in [2.05, 4.69) is 31.1 Å². The molecule has 18 heteroatoms. The molecule has 70 heavy (non-hydrogen) atoms. The van der Waals surface area contributed by atoms with Crippen molar-refractivity contribution >= 4 is 55.5 Å². The molecule has 3 N–H and O–H groups in total. The first-order chi connectivity index (χ1) is 33.6. The topological polar surface area (TPSA) is 228 Å². The van der Waals surface area contributed by atoms with E-state index in [-0.39, 0.29) is 74.8 Å². The van der Waals surface area contributed by atoms with Gasteiger partial charge in [0.15, 0.2) is 0 Å². The molecule has 0 fully saturated rings. The first kappa shape index (κ1) is 58.6. The Labute approximate surface area is 409 Å². The summed E-state index contributed by atoms with van der Waals surface area (Å²) in [6.07, 6.45) is 0. The van der Waals surface area contributed by atoms with Crippen molar-refractivity contribution in [3.63, 3.8) is 0 Å². The minimum Gasteiger partial charge on any atom is -0.507 e. The molecule has 0 unspecified atom stereocenters. The van der Waals surface area contributed by atoms with Crippen molar-refractivity contribution in [2.45, 2.75) is 39.5 Å². The Kier molecular flexibility index (Phi) is 27.0. The van der Waals surface area contributed by atoms with Gasteiger partial charge in [-0.15, -0.1) is 0 Å². The number of carbonyl (C=O) groups excluding carboxylic acids is 4. The number of ether oxygens (including phenoxy) is 6. The molecule has 5 aromatic rings. The Morgan fingerprint density at radius 3 is 1.21 bits per heavy atom. The number of phenols is 2. The summed E-state index contributed by atoms with van der Waals surface area (Å²) in [5.41, 5.74) is 2.25. The molecule has 5 rings (SSSR count). The van der Waals surface area contributed by atoms with Gasteiger partial charge in [-0.05, 0) is 71.0 Å². The van der Waals surface area contributed by atoms with Gasteiger partial charge in [-0.1, -0.05) is 92.5 Å². The third-order valence-corrected chi connectivity index (χ3v) is 9.78. The smallest absolute Gasteiger partial charge is 0.333 e. The lowest BCUT2D eigenvalue weighted by molar-refractivity contribution is -0.140. The van der Waals surface area contributed by atoms with Crippen LogP contribution in [0.1, 0.15) is 34.6 Å². The van der Waals surface area contributed by atoms with Gasteiger partial charge in [0.2, 0.25) is 0 Å². The fourth-order valence-corrected chi connectivity index (χ4v) is 5.93. The van der Waals surface area contributed by atoms with Gasteiger partial charge in [0.25, 0.3) is 10.1 Å². The van der Waals surface area contributed by atoms with Crippen LogP contribution in [0.25, 0.3) is 21.5 Å². The molecule has 0 aliphatic rings. The highest BCUT2D eigenvalue weighted by atomic mass is 32.2. The van der Waals surface area contributed by atoms with E-state index in [9.17, 15) is 42.2 Å². The summed E-state index contributed by atoms with van der Waals surface area (Å²) >= 11 is 0. The Hall–Kier alpha value is -7.54. The van der Waals surface area contributed by atoms with Crippen molar-refractivity contribution in [3.05, 3.63) is 151 Å². The van der Waals surface area contributed by atoms with E-state index in [1.54, 1.807) is 69.3 Å². The maximum Gasteiger partial charge on any atom is 0.333 e. The number of aromatic hydroxyl groups is 2. The summed E-state index contributed by atoms with van der Waals surface area (Å²) in [7, 11) is -4.81. The van der Waals surface area contributed by atoms with Gasteiger partial charge in [0.1, 0.15) is 69.2 Å². The molecule has 0 saturated heterocycles. The Balaban J connectivity index is 0.000000504. The zero-order valence-electron chi connectivity index (χ0n) is 40.9. The molecule has 0 aliphatic carbocycles. The zero-order valence-corrected chi connectivity index (χ0v) is 40.7. The van der Waals surface area contributed by atoms with Crippen molar-refractivity contribution in [1.29, 1.82) is 0 Å². The first-order valence-electron chi connectivity index (χ1n) is 21.7. The number of hydrogen-bond acceptors (Lipinski definition) is 16. The second-order valence-electron chi connectivity index (χ2n) is 14.4. The largest absolute Gasteiger partial charge is 0.507 e. The normalized spacial score (nSPS) is 10.2. The van der Waals surface area contributed by atoms with E-state index in [0.717, 1.165) is 16.3 Å². The number of aliphatic hydroxyl groups is 1. The fourth-order valence-electron chi connectivity index (χ4n) is 5.04. The minimum atomic E-state index is -3.81. The Morgan fingerprint density at radius 1 is 0.529 bits per heavy atom. The van der Waals surface area contributed by atoms with Gasteiger partial charge < -0.3 is 43.7 Å². The molecule has 0 saturated carbocycles. The molecule has 0 heterocycles. The highest BCUT2D eigenvalue weighted by Crippen LogP contribution is 2.32. The Morgan fingerprint density at radius 2 is 0.857 bits per heavy atom. The number of esters is 4. The van der Waals surface area contributed by atoms with Gasteiger partial charge in [0, 0.05) is 43.8 Å². The standard InChI is InChI=1S/C22H24O6.C13H16O5S.C10H8O2.C6H10O3.CH3F/c1-15(2)21(23)27-13-11-25-19-9-5-8-18-17(19)7-6-10-20(18)26-12-14-28-22(24)16(3)4;1-10(2)13(14)17-8-9-18-19(15,16)12-6-4-11(3)5-7-12;11-9-5-1-3-7-8(9)4-2-6-10(7)12;1-5(2)6(8)9-4-3-7;1-2/h5-10H,1,3,11-14H2,2,4H3;4-7H,1,8-9H2,2-3H3;1-6,11-12H;7H,1,3-4H2,2H3;1H3/i;;;;1D. The Bertz CT molecular complexity index is 2570. The van der Waals surface area contributed by atoms with E-state index in [1.807, 2.05) is 43.3 Å².